The van der Waals surface area contributed by atoms with Crippen LogP contribution >= 0.6 is 0 Å². The molecule has 4 aromatic rings. The number of hydrogen-bond donors (Lipinski definition) is 0. The minimum Gasteiger partial charge on any atom is -0.496 e. The maximum atomic E-state index is 5.90. The molecule has 0 amide bonds. The van der Waals surface area contributed by atoms with Crippen molar-refractivity contribution < 1.29 is 4.74 Å². The lowest BCUT2D eigenvalue weighted by molar-refractivity contribution is 0.411. The van der Waals surface area contributed by atoms with Crippen LogP contribution in [0.15, 0.2) is 48.5 Å². The second-order valence-electron chi connectivity index (χ2n) is 9.89. The third-order valence-corrected chi connectivity index (χ3v) is 7.81. The average Bonchev–Trinajstić information content (AvgIpc) is 3.20. The predicted molar refractivity (Wildman–Crippen MR) is 148 cm³/mol. The summed E-state index contributed by atoms with van der Waals surface area (Å²) in [5.74, 6) is 1.04. The van der Waals surface area contributed by atoms with Crippen LogP contribution in [-0.2, 0) is 19.3 Å². The molecule has 5 rings (SSSR count). The first-order chi connectivity index (χ1) is 16.7. The van der Waals surface area contributed by atoms with Crippen LogP contribution in [0, 0.1) is 0 Å². The van der Waals surface area contributed by atoms with Gasteiger partial charge in [-0.05, 0) is 105 Å². The Labute approximate surface area is 205 Å². The summed E-state index contributed by atoms with van der Waals surface area (Å²) in [7, 11) is 1.82. The molecule has 1 aliphatic rings. The predicted octanol–water partition coefficient (Wildman–Crippen LogP) is 9.68. The van der Waals surface area contributed by atoms with Crippen molar-refractivity contribution in [2.75, 3.05) is 7.11 Å². The molecule has 4 aromatic carbocycles. The van der Waals surface area contributed by atoms with E-state index in [4.69, 9.17) is 4.74 Å². The van der Waals surface area contributed by atoms with Gasteiger partial charge in [-0.2, -0.15) is 0 Å². The number of methoxy groups -OCH3 is 1. The Kier molecular flexibility index (Phi) is 6.63. The third kappa shape index (κ3) is 3.70. The molecule has 0 radical (unpaired) electrons. The highest BCUT2D eigenvalue weighted by atomic mass is 16.5. The van der Waals surface area contributed by atoms with Crippen LogP contribution in [-0.4, -0.2) is 7.11 Å². The lowest BCUT2D eigenvalue weighted by Crippen LogP contribution is -2.02. The van der Waals surface area contributed by atoms with Crippen molar-refractivity contribution >= 4 is 21.5 Å². The summed E-state index contributed by atoms with van der Waals surface area (Å²) < 4.78 is 5.90. The smallest absolute Gasteiger partial charge is 0.122 e. The van der Waals surface area contributed by atoms with Crippen molar-refractivity contribution in [3.63, 3.8) is 0 Å². The Balaban J connectivity index is 1.89. The second kappa shape index (κ2) is 9.82. The monoisotopic (exact) mass is 450 g/mol. The van der Waals surface area contributed by atoms with Crippen molar-refractivity contribution in [2.24, 2.45) is 0 Å². The molecular weight excluding hydrogens is 412 g/mol. The van der Waals surface area contributed by atoms with Crippen LogP contribution in [0.25, 0.3) is 43.8 Å². The summed E-state index contributed by atoms with van der Waals surface area (Å²) in [4.78, 5) is 0. The summed E-state index contributed by atoms with van der Waals surface area (Å²) in [5.41, 5.74) is 10.3. The van der Waals surface area contributed by atoms with E-state index < -0.39 is 0 Å². The van der Waals surface area contributed by atoms with Crippen molar-refractivity contribution in [3.8, 4) is 28.0 Å². The van der Waals surface area contributed by atoms with E-state index in [2.05, 4.69) is 69.3 Å². The molecule has 0 aliphatic heterocycles. The molecule has 1 aliphatic carbocycles. The van der Waals surface area contributed by atoms with Gasteiger partial charge in [-0.25, -0.2) is 0 Å². The molecule has 0 atom stereocenters. The molecule has 0 spiro atoms. The Morgan fingerprint density at radius 1 is 0.676 bits per heavy atom. The van der Waals surface area contributed by atoms with Crippen LogP contribution in [0.1, 0.15) is 76.0 Å². The minimum absolute atomic E-state index is 0.992. The molecule has 0 saturated heterocycles. The van der Waals surface area contributed by atoms with Crippen molar-refractivity contribution in [3.05, 3.63) is 65.2 Å². The quantitative estimate of drug-likeness (QED) is 0.192. The highest BCUT2D eigenvalue weighted by Gasteiger charge is 2.29. The van der Waals surface area contributed by atoms with Crippen LogP contribution in [0.5, 0.6) is 5.75 Å². The van der Waals surface area contributed by atoms with Crippen LogP contribution in [0.3, 0.4) is 0 Å². The lowest BCUT2D eigenvalue weighted by atomic mass is 9.83. The Morgan fingerprint density at radius 3 is 1.74 bits per heavy atom. The zero-order valence-electron chi connectivity index (χ0n) is 21.4. The fourth-order valence-corrected chi connectivity index (χ4v) is 6.14. The molecule has 0 unspecified atom stereocenters. The fraction of sp³-hybridized carbons (Fsp3) is 0.394. The van der Waals surface area contributed by atoms with E-state index >= 15 is 0 Å². The van der Waals surface area contributed by atoms with Crippen molar-refractivity contribution in [2.45, 2.75) is 78.6 Å². The van der Waals surface area contributed by atoms with Crippen LogP contribution in [0.2, 0.25) is 0 Å². The zero-order chi connectivity index (χ0) is 23.7. The van der Waals surface area contributed by atoms with E-state index in [1.165, 1.54) is 93.5 Å². The minimum atomic E-state index is 0.992. The molecule has 0 bridgehead atoms. The number of fused-ring (bicyclic) bond motifs is 4. The van der Waals surface area contributed by atoms with Crippen molar-refractivity contribution in [1.82, 2.24) is 0 Å². The van der Waals surface area contributed by atoms with Gasteiger partial charge in [0.25, 0.3) is 0 Å². The molecule has 1 heteroatoms. The summed E-state index contributed by atoms with van der Waals surface area (Å²) in [6.07, 6.45) is 10.8. The number of unbranched alkanes of at least 4 members (excludes halogenated alkanes) is 4. The number of benzene rings is 4. The van der Waals surface area contributed by atoms with E-state index in [1.807, 2.05) is 7.11 Å². The Bertz CT molecular complexity index is 1250. The topological polar surface area (TPSA) is 9.23 Å². The van der Waals surface area contributed by atoms with Gasteiger partial charge in [0.15, 0.2) is 0 Å². The van der Waals surface area contributed by atoms with Gasteiger partial charge in [-0.15, -0.1) is 0 Å². The van der Waals surface area contributed by atoms with Gasteiger partial charge in [0.1, 0.15) is 5.75 Å². The van der Waals surface area contributed by atoms with Gasteiger partial charge >= 0.3 is 0 Å². The maximum Gasteiger partial charge on any atom is 0.122 e. The summed E-state index contributed by atoms with van der Waals surface area (Å²) in [6, 6.07) is 18.6. The lowest BCUT2D eigenvalue weighted by Gasteiger charge is -2.22. The van der Waals surface area contributed by atoms with Gasteiger partial charge in [0.2, 0.25) is 0 Å². The number of ether oxygens (including phenoxy) is 1. The molecule has 0 heterocycles. The fourth-order valence-electron chi connectivity index (χ4n) is 6.14. The van der Waals surface area contributed by atoms with E-state index in [-0.39, 0.29) is 0 Å². The van der Waals surface area contributed by atoms with Gasteiger partial charge in [0.05, 0.1) is 7.11 Å². The summed E-state index contributed by atoms with van der Waals surface area (Å²) >= 11 is 0. The highest BCUT2D eigenvalue weighted by molar-refractivity contribution is 6.20. The molecule has 0 aromatic heterocycles. The van der Waals surface area contributed by atoms with E-state index in [1.54, 1.807) is 5.56 Å². The number of rotatable bonds is 10. The molecular formula is C33H38O. The van der Waals surface area contributed by atoms with Crippen LogP contribution < -0.4 is 4.74 Å². The Morgan fingerprint density at radius 2 is 1.24 bits per heavy atom. The SMILES string of the molecule is CCCCCc1c2c(c(CCCCC)c3cc(OC)c(CC)cc13)-c1cccc3cccc-2c13. The van der Waals surface area contributed by atoms with Crippen molar-refractivity contribution in [1.29, 1.82) is 0 Å². The van der Waals surface area contributed by atoms with E-state index in [9.17, 15) is 0 Å². The van der Waals surface area contributed by atoms with E-state index in [0.717, 1.165) is 25.0 Å². The average molecular weight is 451 g/mol. The number of aryl methyl sites for hydroxylation is 3. The first-order valence-electron chi connectivity index (χ1n) is 13.4. The van der Waals surface area contributed by atoms with Gasteiger partial charge < -0.3 is 4.74 Å². The normalized spacial score (nSPS) is 12.0. The highest BCUT2D eigenvalue weighted by Crippen LogP contribution is 2.53. The van der Waals surface area contributed by atoms with Gasteiger partial charge in [0, 0.05) is 0 Å². The Hall–Kier alpha value is -2.80. The van der Waals surface area contributed by atoms with Crippen LogP contribution in [0.4, 0.5) is 0 Å². The molecule has 1 nitrogen and oxygen atoms in total. The molecule has 0 N–H and O–H groups in total. The van der Waals surface area contributed by atoms with Gasteiger partial charge in [-0.3, -0.25) is 0 Å². The molecule has 176 valence electrons. The zero-order valence-corrected chi connectivity index (χ0v) is 21.4. The largest absolute Gasteiger partial charge is 0.496 e. The first kappa shape index (κ1) is 23.0. The summed E-state index contributed by atoms with van der Waals surface area (Å²) in [6.45, 7) is 6.84. The third-order valence-electron chi connectivity index (χ3n) is 7.81. The first-order valence-corrected chi connectivity index (χ1v) is 13.4. The van der Waals surface area contributed by atoms with E-state index in [0.29, 0.717) is 0 Å². The number of hydrogen-bond acceptors (Lipinski definition) is 1. The molecule has 0 fully saturated rings. The maximum absolute atomic E-state index is 5.90. The second-order valence-corrected chi connectivity index (χ2v) is 9.89. The standard InChI is InChI=1S/C33H38O/c1-5-8-10-16-24-28-20-22(7-3)30(34-4)21-29(28)25(17-11-9-6-2)33-27-19-13-15-23-14-12-18-26(31(23)27)32(24)33/h12-15,18-21H,5-11,16-17H2,1-4H3. The summed E-state index contributed by atoms with van der Waals surface area (Å²) in [5, 5.41) is 5.69. The van der Waals surface area contributed by atoms with Gasteiger partial charge in [-0.1, -0.05) is 82.9 Å². The molecule has 34 heavy (non-hydrogen) atoms. The molecule has 0 saturated carbocycles.